The van der Waals surface area contributed by atoms with Crippen molar-refractivity contribution < 1.29 is 19.4 Å². The van der Waals surface area contributed by atoms with Crippen LogP contribution < -0.4 is 10.1 Å². The van der Waals surface area contributed by atoms with Gasteiger partial charge < -0.3 is 15.2 Å². The van der Waals surface area contributed by atoms with Crippen molar-refractivity contribution in [2.45, 2.75) is 0 Å². The number of carbonyl (C=O) groups is 2. The van der Waals surface area contributed by atoms with Gasteiger partial charge in [-0.25, -0.2) is 4.79 Å². The third-order valence-corrected chi connectivity index (χ3v) is 1.84. The molecular weight excluding hydrogens is 210 g/mol. The van der Waals surface area contributed by atoms with Crippen molar-refractivity contribution in [2.24, 2.45) is 0 Å². The summed E-state index contributed by atoms with van der Waals surface area (Å²) >= 11 is 0. The molecule has 5 nitrogen and oxygen atoms in total. The molecular formula is C11H9NO4. The number of hydrogen-bond acceptors (Lipinski definition) is 3. The molecule has 0 aliphatic carbocycles. The number of carboxylic acid groups (broad SMARTS) is 1. The number of hydrogen-bond donors (Lipinski definition) is 2. The first-order chi connectivity index (χ1) is 7.58. The fourth-order valence-electron chi connectivity index (χ4n) is 1.10. The molecule has 16 heavy (non-hydrogen) atoms. The van der Waals surface area contributed by atoms with E-state index in [0.29, 0.717) is 5.75 Å². The molecule has 0 aliphatic heterocycles. The number of amides is 1. The molecule has 0 saturated heterocycles. The summed E-state index contributed by atoms with van der Waals surface area (Å²) in [7, 11) is 1.43. The SMILES string of the molecule is C#CC(=O)Nc1cc(OC)ccc1C(=O)O. The molecule has 0 atom stereocenters. The van der Waals surface area contributed by atoms with Crippen molar-refractivity contribution in [3.63, 3.8) is 0 Å². The smallest absolute Gasteiger partial charge is 0.337 e. The number of methoxy groups -OCH3 is 1. The Bertz CT molecular complexity index is 473. The predicted octanol–water partition coefficient (Wildman–Crippen LogP) is 0.965. The highest BCUT2D eigenvalue weighted by Gasteiger charge is 2.12. The van der Waals surface area contributed by atoms with Gasteiger partial charge in [0.1, 0.15) is 5.75 Å². The molecule has 0 radical (unpaired) electrons. The Morgan fingerprint density at radius 3 is 2.69 bits per heavy atom. The van der Waals surface area contributed by atoms with E-state index in [4.69, 9.17) is 16.3 Å². The van der Waals surface area contributed by atoms with Crippen LogP contribution in [-0.4, -0.2) is 24.1 Å². The van der Waals surface area contributed by atoms with E-state index >= 15 is 0 Å². The summed E-state index contributed by atoms with van der Waals surface area (Å²) < 4.78 is 4.91. The lowest BCUT2D eigenvalue weighted by atomic mass is 10.1. The zero-order chi connectivity index (χ0) is 12.1. The molecule has 0 saturated carbocycles. The summed E-state index contributed by atoms with van der Waals surface area (Å²) in [6.45, 7) is 0. The Labute approximate surface area is 92.0 Å². The molecule has 82 valence electrons. The zero-order valence-electron chi connectivity index (χ0n) is 8.48. The average molecular weight is 219 g/mol. The van der Waals surface area contributed by atoms with Crippen LogP contribution in [0.4, 0.5) is 5.69 Å². The number of rotatable bonds is 3. The fourth-order valence-corrected chi connectivity index (χ4v) is 1.10. The molecule has 0 spiro atoms. The van der Waals surface area contributed by atoms with Crippen LogP contribution in [0, 0.1) is 12.3 Å². The lowest BCUT2D eigenvalue weighted by molar-refractivity contribution is -0.111. The molecule has 5 heteroatoms. The Morgan fingerprint density at radius 2 is 2.19 bits per heavy atom. The molecule has 0 heterocycles. The first-order valence-electron chi connectivity index (χ1n) is 4.27. The second-order valence-corrected chi connectivity index (χ2v) is 2.82. The zero-order valence-corrected chi connectivity index (χ0v) is 8.48. The lowest BCUT2D eigenvalue weighted by Crippen LogP contribution is -2.12. The van der Waals surface area contributed by atoms with Gasteiger partial charge in [0.2, 0.25) is 0 Å². The van der Waals surface area contributed by atoms with E-state index in [1.165, 1.54) is 25.3 Å². The van der Waals surface area contributed by atoms with Gasteiger partial charge >= 0.3 is 5.97 Å². The van der Waals surface area contributed by atoms with Gasteiger partial charge in [-0.3, -0.25) is 4.79 Å². The normalized spacial score (nSPS) is 9.00. The maximum absolute atomic E-state index is 11.0. The summed E-state index contributed by atoms with van der Waals surface area (Å²) in [6.07, 6.45) is 4.88. The second-order valence-electron chi connectivity index (χ2n) is 2.82. The Morgan fingerprint density at radius 1 is 1.50 bits per heavy atom. The number of aromatic carboxylic acids is 1. The van der Waals surface area contributed by atoms with Crippen LogP contribution in [0.25, 0.3) is 0 Å². The summed E-state index contributed by atoms with van der Waals surface area (Å²) in [5, 5.41) is 11.2. The summed E-state index contributed by atoms with van der Waals surface area (Å²) in [5.41, 5.74) is 0.0548. The van der Waals surface area contributed by atoms with Gasteiger partial charge in [0, 0.05) is 6.07 Å². The summed E-state index contributed by atoms with van der Waals surface area (Å²) in [6, 6.07) is 4.20. The molecule has 0 aromatic heterocycles. The van der Waals surface area contributed by atoms with Crippen molar-refractivity contribution in [1.29, 1.82) is 0 Å². The quantitative estimate of drug-likeness (QED) is 0.742. The maximum atomic E-state index is 11.0. The third kappa shape index (κ3) is 2.51. The number of nitrogens with one attached hydrogen (secondary N) is 1. The van der Waals surface area contributed by atoms with Gasteiger partial charge in [0.25, 0.3) is 5.91 Å². The monoisotopic (exact) mass is 219 g/mol. The third-order valence-electron chi connectivity index (χ3n) is 1.84. The van der Waals surface area contributed by atoms with Gasteiger partial charge in [0.05, 0.1) is 18.4 Å². The number of anilines is 1. The van der Waals surface area contributed by atoms with Crippen LogP contribution in [0.15, 0.2) is 18.2 Å². The van der Waals surface area contributed by atoms with Crippen molar-refractivity contribution in [3.05, 3.63) is 23.8 Å². The van der Waals surface area contributed by atoms with Crippen molar-refractivity contribution in [2.75, 3.05) is 12.4 Å². The largest absolute Gasteiger partial charge is 0.497 e. The van der Waals surface area contributed by atoms with Crippen molar-refractivity contribution in [1.82, 2.24) is 0 Å². The second kappa shape index (κ2) is 4.84. The molecule has 1 amide bonds. The number of carbonyl (C=O) groups excluding carboxylic acids is 1. The lowest BCUT2D eigenvalue weighted by Gasteiger charge is -2.08. The number of terminal acetylenes is 1. The van der Waals surface area contributed by atoms with Crippen LogP contribution in [-0.2, 0) is 4.79 Å². The molecule has 0 bridgehead atoms. The van der Waals surface area contributed by atoms with Crippen molar-refractivity contribution >= 4 is 17.6 Å². The number of ether oxygens (including phenoxy) is 1. The minimum atomic E-state index is -1.16. The van der Waals surface area contributed by atoms with Crippen molar-refractivity contribution in [3.8, 4) is 18.1 Å². The van der Waals surface area contributed by atoms with Crippen LogP contribution in [0.5, 0.6) is 5.75 Å². The molecule has 0 unspecified atom stereocenters. The van der Waals surface area contributed by atoms with Gasteiger partial charge in [-0.15, -0.1) is 6.42 Å². The molecule has 0 aliphatic rings. The van der Waals surface area contributed by atoms with E-state index in [9.17, 15) is 9.59 Å². The van der Waals surface area contributed by atoms with Gasteiger partial charge in [-0.1, -0.05) is 0 Å². The standard InChI is InChI=1S/C11H9NO4/c1-3-10(13)12-9-6-7(16-2)4-5-8(9)11(14)15/h1,4-6H,2H3,(H,12,13)(H,14,15). The van der Waals surface area contributed by atoms with Gasteiger partial charge in [-0.05, 0) is 18.1 Å². The summed E-state index contributed by atoms with van der Waals surface area (Å²) in [4.78, 5) is 21.8. The highest BCUT2D eigenvalue weighted by atomic mass is 16.5. The Balaban J connectivity index is 3.16. The van der Waals surface area contributed by atoms with Crippen LogP contribution >= 0.6 is 0 Å². The minimum Gasteiger partial charge on any atom is -0.497 e. The van der Waals surface area contributed by atoms with Gasteiger partial charge in [-0.2, -0.15) is 0 Å². The minimum absolute atomic E-state index is 0.0515. The van der Waals surface area contributed by atoms with Crippen LogP contribution in [0.3, 0.4) is 0 Å². The first-order valence-corrected chi connectivity index (χ1v) is 4.27. The van der Waals surface area contributed by atoms with E-state index in [0.717, 1.165) is 0 Å². The van der Waals surface area contributed by atoms with E-state index in [1.54, 1.807) is 0 Å². The number of carboxylic acids is 1. The van der Waals surface area contributed by atoms with Crippen LogP contribution in [0.1, 0.15) is 10.4 Å². The highest BCUT2D eigenvalue weighted by Crippen LogP contribution is 2.22. The molecule has 1 aromatic rings. The Hall–Kier alpha value is -2.48. The average Bonchev–Trinajstić information content (AvgIpc) is 2.28. The van der Waals surface area contributed by atoms with E-state index < -0.39 is 11.9 Å². The molecule has 1 rings (SSSR count). The molecule has 1 aromatic carbocycles. The maximum Gasteiger partial charge on any atom is 0.337 e. The first kappa shape index (κ1) is 11.6. The molecule has 2 N–H and O–H groups in total. The van der Waals surface area contributed by atoms with E-state index in [-0.39, 0.29) is 11.3 Å². The van der Waals surface area contributed by atoms with E-state index in [2.05, 4.69) is 5.32 Å². The highest BCUT2D eigenvalue weighted by molar-refractivity contribution is 6.07. The summed E-state index contributed by atoms with van der Waals surface area (Å²) in [5.74, 6) is 0.392. The van der Waals surface area contributed by atoms with Crippen LogP contribution in [0.2, 0.25) is 0 Å². The molecule has 0 fully saturated rings. The fraction of sp³-hybridized carbons (Fsp3) is 0.0909. The number of benzene rings is 1. The topological polar surface area (TPSA) is 75.6 Å². The Kier molecular flexibility index (Phi) is 3.51. The van der Waals surface area contributed by atoms with E-state index in [1.807, 2.05) is 5.92 Å². The van der Waals surface area contributed by atoms with Gasteiger partial charge in [0.15, 0.2) is 0 Å². The predicted molar refractivity (Wildman–Crippen MR) is 57.4 cm³/mol.